The molecule has 19 heavy (non-hydrogen) atoms. The molecule has 2 nitrogen and oxygen atoms in total. The lowest BCUT2D eigenvalue weighted by molar-refractivity contribution is 0.101. The van der Waals surface area contributed by atoms with E-state index in [-0.39, 0.29) is 5.78 Å². The second kappa shape index (κ2) is 6.02. The summed E-state index contributed by atoms with van der Waals surface area (Å²) in [7, 11) is 0. The highest BCUT2D eigenvalue weighted by atomic mass is 79.9. The van der Waals surface area contributed by atoms with E-state index in [1.54, 1.807) is 12.1 Å². The minimum Gasteiger partial charge on any atom is -0.457 e. The molecule has 0 aliphatic heterocycles. The third-order valence-electron chi connectivity index (χ3n) is 2.86. The molecule has 0 radical (unpaired) electrons. The van der Waals surface area contributed by atoms with Crippen LogP contribution in [0.2, 0.25) is 0 Å². The first-order valence-electron chi connectivity index (χ1n) is 6.17. The Kier molecular flexibility index (Phi) is 4.38. The van der Waals surface area contributed by atoms with Crippen molar-refractivity contribution in [3.8, 4) is 11.5 Å². The number of aryl methyl sites for hydroxylation is 1. The molecular weight excluding hydrogens is 304 g/mol. The zero-order valence-electron chi connectivity index (χ0n) is 10.9. The summed E-state index contributed by atoms with van der Waals surface area (Å²) in [5.74, 6) is 1.33. The van der Waals surface area contributed by atoms with E-state index in [9.17, 15) is 4.79 Å². The minimum absolute atomic E-state index is 0.0112. The smallest absolute Gasteiger partial charge is 0.163 e. The van der Waals surface area contributed by atoms with Gasteiger partial charge in [-0.25, -0.2) is 0 Å². The first-order chi connectivity index (χ1) is 9.10. The second-order valence-corrected chi connectivity index (χ2v) is 5.22. The Bertz CT molecular complexity index is 605. The monoisotopic (exact) mass is 318 g/mol. The number of ketones is 1. The summed E-state index contributed by atoms with van der Waals surface area (Å²) in [6.07, 6.45) is 0.955. The Morgan fingerprint density at radius 1 is 1.21 bits per heavy atom. The van der Waals surface area contributed by atoms with E-state index in [2.05, 4.69) is 28.9 Å². The van der Waals surface area contributed by atoms with Crippen molar-refractivity contribution >= 4 is 21.7 Å². The van der Waals surface area contributed by atoms with Crippen LogP contribution in [0.25, 0.3) is 0 Å². The summed E-state index contributed by atoms with van der Waals surface area (Å²) in [6.45, 7) is 3.64. The SMILES string of the molecule is CCc1cccc(Oc2ccc(Br)cc2C(C)=O)c1. The first-order valence-corrected chi connectivity index (χ1v) is 6.96. The van der Waals surface area contributed by atoms with Crippen molar-refractivity contribution in [1.29, 1.82) is 0 Å². The molecule has 2 rings (SSSR count). The molecule has 0 heterocycles. The molecule has 0 aliphatic rings. The van der Waals surface area contributed by atoms with E-state index in [1.807, 2.05) is 24.3 Å². The van der Waals surface area contributed by atoms with E-state index < -0.39 is 0 Å². The van der Waals surface area contributed by atoms with Gasteiger partial charge in [-0.2, -0.15) is 0 Å². The maximum Gasteiger partial charge on any atom is 0.163 e. The van der Waals surface area contributed by atoms with Crippen LogP contribution in [0.4, 0.5) is 0 Å². The van der Waals surface area contributed by atoms with Gasteiger partial charge in [0.05, 0.1) is 5.56 Å². The number of hydrogen-bond acceptors (Lipinski definition) is 2. The van der Waals surface area contributed by atoms with Gasteiger partial charge in [0.15, 0.2) is 5.78 Å². The Morgan fingerprint density at radius 3 is 2.68 bits per heavy atom. The van der Waals surface area contributed by atoms with E-state index in [4.69, 9.17) is 4.74 Å². The quantitative estimate of drug-likeness (QED) is 0.741. The van der Waals surface area contributed by atoms with Gasteiger partial charge in [0.1, 0.15) is 11.5 Å². The average molecular weight is 319 g/mol. The lowest BCUT2D eigenvalue weighted by Crippen LogP contribution is -1.97. The largest absolute Gasteiger partial charge is 0.457 e. The van der Waals surface area contributed by atoms with Crippen molar-refractivity contribution in [2.24, 2.45) is 0 Å². The highest BCUT2D eigenvalue weighted by Crippen LogP contribution is 2.29. The Morgan fingerprint density at radius 2 is 2.00 bits per heavy atom. The zero-order valence-corrected chi connectivity index (χ0v) is 12.5. The van der Waals surface area contributed by atoms with Crippen LogP contribution < -0.4 is 4.74 Å². The third kappa shape index (κ3) is 3.44. The fourth-order valence-corrected chi connectivity index (χ4v) is 2.18. The molecule has 3 heteroatoms. The molecule has 0 fully saturated rings. The molecule has 0 N–H and O–H groups in total. The number of Topliss-reactive ketones (excluding diaryl/α,β-unsaturated/α-hetero) is 1. The van der Waals surface area contributed by atoms with Crippen LogP contribution in [0, 0.1) is 0 Å². The predicted molar refractivity (Wildman–Crippen MR) is 80.0 cm³/mol. The van der Waals surface area contributed by atoms with E-state index >= 15 is 0 Å². The van der Waals surface area contributed by atoms with Crippen molar-refractivity contribution in [2.45, 2.75) is 20.3 Å². The van der Waals surface area contributed by atoms with Crippen LogP contribution in [0.3, 0.4) is 0 Å². The van der Waals surface area contributed by atoms with Crippen LogP contribution >= 0.6 is 15.9 Å². The molecule has 2 aromatic carbocycles. The lowest BCUT2D eigenvalue weighted by Gasteiger charge is -2.10. The lowest BCUT2D eigenvalue weighted by atomic mass is 10.1. The van der Waals surface area contributed by atoms with Crippen molar-refractivity contribution < 1.29 is 9.53 Å². The normalized spacial score (nSPS) is 10.3. The molecule has 0 spiro atoms. The molecule has 0 saturated carbocycles. The molecule has 0 aromatic heterocycles. The summed E-state index contributed by atoms with van der Waals surface area (Å²) in [5.41, 5.74) is 1.79. The van der Waals surface area contributed by atoms with E-state index in [1.165, 1.54) is 12.5 Å². The van der Waals surface area contributed by atoms with Crippen LogP contribution in [0.1, 0.15) is 29.8 Å². The van der Waals surface area contributed by atoms with Gasteiger partial charge in [0.25, 0.3) is 0 Å². The first kappa shape index (κ1) is 13.8. The maximum absolute atomic E-state index is 11.6. The molecular formula is C16H15BrO2. The summed E-state index contributed by atoms with van der Waals surface area (Å²) >= 11 is 3.37. The van der Waals surface area contributed by atoms with Crippen molar-refractivity contribution in [3.05, 3.63) is 58.1 Å². The highest BCUT2D eigenvalue weighted by molar-refractivity contribution is 9.10. The summed E-state index contributed by atoms with van der Waals surface area (Å²) < 4.78 is 6.69. The molecule has 0 bridgehead atoms. The zero-order chi connectivity index (χ0) is 13.8. The number of ether oxygens (including phenoxy) is 1. The van der Waals surface area contributed by atoms with Gasteiger partial charge in [-0.15, -0.1) is 0 Å². The van der Waals surface area contributed by atoms with Gasteiger partial charge in [0.2, 0.25) is 0 Å². The van der Waals surface area contributed by atoms with Gasteiger partial charge in [0, 0.05) is 4.47 Å². The van der Waals surface area contributed by atoms with Crippen molar-refractivity contribution in [1.82, 2.24) is 0 Å². The number of carbonyl (C=O) groups excluding carboxylic acids is 1. The van der Waals surface area contributed by atoms with Crippen molar-refractivity contribution in [2.75, 3.05) is 0 Å². The van der Waals surface area contributed by atoms with Crippen molar-refractivity contribution in [3.63, 3.8) is 0 Å². The molecule has 2 aromatic rings. The molecule has 98 valence electrons. The molecule has 0 saturated heterocycles. The number of carbonyl (C=O) groups is 1. The number of hydrogen-bond donors (Lipinski definition) is 0. The van der Waals surface area contributed by atoms with Crippen LogP contribution in [0.15, 0.2) is 46.9 Å². The standard InChI is InChI=1S/C16H15BrO2/c1-3-12-5-4-6-14(9-12)19-16-8-7-13(17)10-15(16)11(2)18/h4-10H,3H2,1-2H3. The topological polar surface area (TPSA) is 26.3 Å². The Labute approximate surface area is 121 Å². The van der Waals surface area contributed by atoms with Crippen LogP contribution in [-0.2, 0) is 6.42 Å². The maximum atomic E-state index is 11.6. The van der Waals surface area contributed by atoms with Gasteiger partial charge in [-0.1, -0.05) is 35.0 Å². The molecule has 0 amide bonds. The number of halogens is 1. The predicted octanol–water partition coefficient (Wildman–Crippen LogP) is 5.01. The summed E-state index contributed by atoms with van der Waals surface area (Å²) in [5, 5.41) is 0. The van der Waals surface area contributed by atoms with Gasteiger partial charge < -0.3 is 4.74 Å². The average Bonchev–Trinajstić information content (AvgIpc) is 2.41. The Balaban J connectivity index is 2.34. The van der Waals surface area contributed by atoms with E-state index in [0.29, 0.717) is 11.3 Å². The molecule has 0 aliphatic carbocycles. The van der Waals surface area contributed by atoms with E-state index in [0.717, 1.165) is 16.6 Å². The highest BCUT2D eigenvalue weighted by Gasteiger charge is 2.10. The third-order valence-corrected chi connectivity index (χ3v) is 3.35. The second-order valence-electron chi connectivity index (χ2n) is 4.30. The summed E-state index contributed by atoms with van der Waals surface area (Å²) in [6, 6.07) is 13.4. The van der Waals surface area contributed by atoms with Crippen LogP contribution in [0.5, 0.6) is 11.5 Å². The van der Waals surface area contributed by atoms with Gasteiger partial charge in [-0.3, -0.25) is 4.79 Å². The fourth-order valence-electron chi connectivity index (χ4n) is 1.82. The number of rotatable bonds is 4. The fraction of sp³-hybridized carbons (Fsp3) is 0.188. The Hall–Kier alpha value is -1.61. The van der Waals surface area contributed by atoms with Gasteiger partial charge in [-0.05, 0) is 49.2 Å². The number of benzene rings is 2. The van der Waals surface area contributed by atoms with Crippen LogP contribution in [-0.4, -0.2) is 5.78 Å². The molecule has 0 unspecified atom stereocenters. The minimum atomic E-state index is -0.0112. The summed E-state index contributed by atoms with van der Waals surface area (Å²) in [4.78, 5) is 11.6. The van der Waals surface area contributed by atoms with Gasteiger partial charge >= 0.3 is 0 Å². The molecule has 0 atom stereocenters.